The van der Waals surface area contributed by atoms with Crippen molar-refractivity contribution in [2.45, 2.75) is 13.8 Å². The molecule has 1 aliphatic rings. The number of hydrogen-bond donors (Lipinski definition) is 0. The van der Waals surface area contributed by atoms with Crippen LogP contribution in [0.1, 0.15) is 13.8 Å². The minimum absolute atomic E-state index is 0.251. The first-order chi connectivity index (χ1) is 5.69. The predicted octanol–water partition coefficient (Wildman–Crippen LogP) is 2.33. The molecule has 0 saturated heterocycles. The van der Waals surface area contributed by atoms with E-state index < -0.39 is 0 Å². The van der Waals surface area contributed by atoms with Crippen LogP contribution in [-0.2, 0) is 9.59 Å². The number of hydrogen-bond acceptors (Lipinski definition) is 4. The van der Waals surface area contributed by atoms with Gasteiger partial charge in [-0.1, -0.05) is 23.5 Å². The van der Waals surface area contributed by atoms with E-state index in [1.54, 1.807) is 0 Å². The van der Waals surface area contributed by atoms with E-state index in [2.05, 4.69) is 0 Å². The molecule has 0 aromatic carbocycles. The van der Waals surface area contributed by atoms with Crippen molar-refractivity contribution >= 4 is 36.1 Å². The maximum atomic E-state index is 10.4. The summed E-state index contributed by atoms with van der Waals surface area (Å²) in [6.07, 6.45) is 1.21. The molecule has 0 atom stereocenters. The fourth-order valence-electron chi connectivity index (χ4n) is 0.685. The van der Waals surface area contributed by atoms with E-state index in [4.69, 9.17) is 0 Å². The number of carbonyl (C=O) groups excluding carboxylic acids is 2. The van der Waals surface area contributed by atoms with E-state index in [9.17, 15) is 9.59 Å². The molecule has 0 aliphatic carbocycles. The summed E-state index contributed by atoms with van der Waals surface area (Å²) in [5.74, 6) is 0. The molecular weight excluding hydrogens is 192 g/mol. The molecule has 1 rings (SSSR count). The Bertz CT molecular complexity index is 263. The average molecular weight is 200 g/mol. The number of carbonyl (C=O) groups is 2. The van der Waals surface area contributed by atoms with E-state index in [1.165, 1.54) is 23.5 Å². The normalized spacial score (nSPS) is 16.7. The van der Waals surface area contributed by atoms with Crippen molar-refractivity contribution in [2.75, 3.05) is 0 Å². The summed E-state index contributed by atoms with van der Waals surface area (Å²) in [4.78, 5) is 23.1. The van der Waals surface area contributed by atoms with E-state index in [-0.39, 0.29) is 5.57 Å². The lowest BCUT2D eigenvalue weighted by molar-refractivity contribution is -0.109. The molecule has 4 heteroatoms. The van der Waals surface area contributed by atoms with Gasteiger partial charge in [-0.3, -0.25) is 9.59 Å². The van der Waals surface area contributed by atoms with Gasteiger partial charge in [-0.05, 0) is 23.7 Å². The highest BCUT2D eigenvalue weighted by molar-refractivity contribution is 8.28. The number of thioether (sulfide) groups is 2. The Hall–Kier alpha value is -0.480. The van der Waals surface area contributed by atoms with Crippen LogP contribution in [0, 0.1) is 0 Å². The zero-order chi connectivity index (χ0) is 9.14. The Kier molecular flexibility index (Phi) is 3.17. The topological polar surface area (TPSA) is 34.1 Å². The molecule has 0 aromatic rings. The Morgan fingerprint density at radius 3 is 1.83 bits per heavy atom. The van der Waals surface area contributed by atoms with Crippen molar-refractivity contribution in [1.29, 1.82) is 0 Å². The van der Waals surface area contributed by atoms with Gasteiger partial charge in [0.1, 0.15) is 0 Å². The molecule has 0 unspecified atom stereocenters. The van der Waals surface area contributed by atoms with Gasteiger partial charge in [-0.25, -0.2) is 0 Å². The molecule has 2 nitrogen and oxygen atoms in total. The minimum atomic E-state index is 0.251. The van der Waals surface area contributed by atoms with Gasteiger partial charge in [0.25, 0.3) is 0 Å². The molecule has 0 radical (unpaired) electrons. The summed E-state index contributed by atoms with van der Waals surface area (Å²) >= 11 is 2.98. The van der Waals surface area contributed by atoms with Crippen molar-refractivity contribution in [3.05, 3.63) is 19.6 Å². The molecule has 64 valence electrons. The Morgan fingerprint density at radius 1 is 1.08 bits per heavy atom. The van der Waals surface area contributed by atoms with Gasteiger partial charge in [-0.2, -0.15) is 0 Å². The molecule has 0 aromatic heterocycles. The van der Waals surface area contributed by atoms with Crippen LogP contribution in [-0.4, -0.2) is 12.6 Å². The fraction of sp³-hybridized carbons (Fsp3) is 0.250. The summed E-state index contributed by atoms with van der Waals surface area (Å²) in [7, 11) is 0. The van der Waals surface area contributed by atoms with Crippen LogP contribution in [0.15, 0.2) is 19.6 Å². The molecule has 1 aliphatic heterocycles. The molecule has 0 bridgehead atoms. The summed E-state index contributed by atoms with van der Waals surface area (Å²) in [6, 6.07) is 0. The van der Waals surface area contributed by atoms with Crippen LogP contribution >= 0.6 is 23.5 Å². The second-order valence-corrected chi connectivity index (χ2v) is 5.00. The summed E-state index contributed by atoms with van der Waals surface area (Å²) in [6.45, 7) is 3.96. The summed E-state index contributed by atoms with van der Waals surface area (Å²) < 4.78 is 0.801. The largest absolute Gasteiger partial charge is 0.298 e. The predicted molar refractivity (Wildman–Crippen MR) is 52.7 cm³/mol. The standard InChI is InChI=1S/C8H8O2S2/c1-5-6(2)12-8(11-5)7(3-9)4-10/h3-4H,1-2H3. The van der Waals surface area contributed by atoms with Crippen molar-refractivity contribution < 1.29 is 9.59 Å². The number of allylic oxidation sites excluding steroid dienone is 3. The monoisotopic (exact) mass is 200 g/mol. The van der Waals surface area contributed by atoms with Gasteiger partial charge in [0, 0.05) is 0 Å². The molecule has 0 spiro atoms. The first kappa shape index (κ1) is 9.61. The van der Waals surface area contributed by atoms with Crippen molar-refractivity contribution in [3.63, 3.8) is 0 Å². The van der Waals surface area contributed by atoms with Crippen LogP contribution in [0.2, 0.25) is 0 Å². The Balaban J connectivity index is 2.91. The van der Waals surface area contributed by atoms with Crippen LogP contribution in [0.5, 0.6) is 0 Å². The molecule has 0 N–H and O–H groups in total. The van der Waals surface area contributed by atoms with E-state index in [0.717, 1.165) is 14.0 Å². The van der Waals surface area contributed by atoms with Crippen molar-refractivity contribution in [3.8, 4) is 0 Å². The minimum Gasteiger partial charge on any atom is -0.298 e. The lowest BCUT2D eigenvalue weighted by Crippen LogP contribution is -1.86. The highest BCUT2D eigenvalue weighted by atomic mass is 32.2. The quantitative estimate of drug-likeness (QED) is 0.296. The van der Waals surface area contributed by atoms with Gasteiger partial charge < -0.3 is 0 Å². The average Bonchev–Trinajstić information content (AvgIpc) is 2.35. The summed E-state index contributed by atoms with van der Waals surface area (Å²) in [5, 5.41) is 0. The van der Waals surface area contributed by atoms with Gasteiger partial charge in [0.05, 0.1) is 9.81 Å². The van der Waals surface area contributed by atoms with Crippen LogP contribution in [0.25, 0.3) is 0 Å². The third-order valence-corrected chi connectivity index (χ3v) is 4.17. The Morgan fingerprint density at radius 2 is 1.50 bits per heavy atom. The van der Waals surface area contributed by atoms with Crippen molar-refractivity contribution in [2.24, 2.45) is 0 Å². The molecule has 0 saturated carbocycles. The molecular formula is C8H8O2S2. The van der Waals surface area contributed by atoms with E-state index in [0.29, 0.717) is 12.6 Å². The summed E-state index contributed by atoms with van der Waals surface area (Å²) in [5.41, 5.74) is 0.251. The van der Waals surface area contributed by atoms with E-state index in [1.807, 2.05) is 13.8 Å². The zero-order valence-corrected chi connectivity index (χ0v) is 8.42. The lowest BCUT2D eigenvalue weighted by Gasteiger charge is -1.94. The van der Waals surface area contributed by atoms with Gasteiger partial charge in [0.15, 0.2) is 12.6 Å². The smallest absolute Gasteiger partial charge is 0.155 e. The fourth-order valence-corrected chi connectivity index (χ4v) is 3.12. The Labute approximate surface area is 79.5 Å². The van der Waals surface area contributed by atoms with Crippen LogP contribution < -0.4 is 0 Å². The van der Waals surface area contributed by atoms with Gasteiger partial charge in [0.2, 0.25) is 0 Å². The third-order valence-electron chi connectivity index (χ3n) is 1.48. The highest BCUT2D eigenvalue weighted by Crippen LogP contribution is 2.49. The maximum absolute atomic E-state index is 10.4. The zero-order valence-electron chi connectivity index (χ0n) is 6.79. The van der Waals surface area contributed by atoms with Gasteiger partial charge in [-0.15, -0.1) is 0 Å². The lowest BCUT2D eigenvalue weighted by atomic mass is 10.4. The second-order valence-electron chi connectivity index (χ2n) is 2.29. The first-order valence-electron chi connectivity index (χ1n) is 3.37. The third kappa shape index (κ3) is 1.81. The van der Waals surface area contributed by atoms with Crippen LogP contribution in [0.4, 0.5) is 0 Å². The van der Waals surface area contributed by atoms with E-state index >= 15 is 0 Å². The second kappa shape index (κ2) is 3.96. The number of aldehydes is 2. The molecule has 12 heavy (non-hydrogen) atoms. The van der Waals surface area contributed by atoms with Crippen LogP contribution in [0.3, 0.4) is 0 Å². The SMILES string of the molecule is CC1=C(C)SC(=C(C=O)C=O)S1. The first-order valence-corrected chi connectivity index (χ1v) is 5.00. The highest BCUT2D eigenvalue weighted by Gasteiger charge is 2.17. The molecule has 0 amide bonds. The molecule has 1 heterocycles. The number of rotatable bonds is 2. The maximum Gasteiger partial charge on any atom is 0.155 e. The van der Waals surface area contributed by atoms with Gasteiger partial charge >= 0.3 is 0 Å². The molecule has 0 fully saturated rings. The van der Waals surface area contributed by atoms with Crippen molar-refractivity contribution in [1.82, 2.24) is 0 Å².